The fourth-order valence-corrected chi connectivity index (χ4v) is 2.72. The van der Waals surface area contributed by atoms with Crippen LogP contribution < -0.4 is 0 Å². The van der Waals surface area contributed by atoms with E-state index in [9.17, 15) is 4.79 Å². The Bertz CT molecular complexity index is 666. The number of benzene rings is 1. The Balaban J connectivity index is 0.00000117. The van der Waals surface area contributed by atoms with E-state index in [1.54, 1.807) is 6.92 Å². The number of hydrogen-bond donors (Lipinski definition) is 0. The summed E-state index contributed by atoms with van der Waals surface area (Å²) in [4.78, 5) is 14.0. The predicted octanol–water partition coefficient (Wildman–Crippen LogP) is 4.20. The quantitative estimate of drug-likeness (QED) is 0.379. The first-order chi connectivity index (χ1) is 12.7. The van der Waals surface area contributed by atoms with Gasteiger partial charge in [-0.1, -0.05) is 50.0 Å². The molecule has 0 aromatic heterocycles. The summed E-state index contributed by atoms with van der Waals surface area (Å²) >= 11 is 0. The third-order valence-electron chi connectivity index (χ3n) is 4.30. The second-order valence-electron chi connectivity index (χ2n) is 6.53. The molecule has 0 aliphatic heterocycles. The van der Waals surface area contributed by atoms with Gasteiger partial charge >= 0.3 is 5.97 Å². The fraction of sp³-hybridized carbons (Fsp3) is 0.435. The number of carbonyl (C=O) groups excluding carboxylic acids is 1. The SMILES string of the molecule is CCOC(=O)/C(=C/N(C)Cc1ccc(CCC2[CH]C2)cc1)C1C#C1.[CH2]C. The van der Waals surface area contributed by atoms with E-state index >= 15 is 0 Å². The van der Waals surface area contributed by atoms with E-state index in [1.165, 1.54) is 24.0 Å². The third-order valence-corrected chi connectivity index (χ3v) is 4.30. The first kappa shape index (κ1) is 20.1. The number of aryl methyl sites for hydroxylation is 1. The molecule has 2 radical (unpaired) electrons. The van der Waals surface area contributed by atoms with Crippen molar-refractivity contribution < 1.29 is 9.53 Å². The van der Waals surface area contributed by atoms with Crippen LogP contribution in [0.2, 0.25) is 0 Å². The molecule has 1 aromatic carbocycles. The van der Waals surface area contributed by atoms with Crippen molar-refractivity contribution in [1.82, 2.24) is 4.90 Å². The summed E-state index contributed by atoms with van der Waals surface area (Å²) in [6.45, 7) is 7.95. The van der Waals surface area contributed by atoms with Crippen molar-refractivity contribution in [3.8, 4) is 11.8 Å². The Morgan fingerprint density at radius 2 is 1.88 bits per heavy atom. The zero-order valence-electron chi connectivity index (χ0n) is 16.1. The first-order valence-corrected chi connectivity index (χ1v) is 9.37. The van der Waals surface area contributed by atoms with Gasteiger partial charge in [0.05, 0.1) is 12.2 Å². The Kier molecular flexibility index (Phi) is 7.78. The predicted molar refractivity (Wildman–Crippen MR) is 106 cm³/mol. The average Bonchev–Trinajstić information content (AvgIpc) is 3.55. The standard InChI is InChI=1S/C21H24NO2.C2H5/c1-3-24-21(23)20(19-12-13-19)15-22(2)14-18-10-8-17(9-11-18)7-6-16-4-5-16;1-2/h4,8-11,15-16,19H,3,5-7,14H2,1-2H3;1H2,2H3/b20-15+;. The largest absolute Gasteiger partial charge is 0.463 e. The van der Waals surface area contributed by atoms with Crippen LogP contribution in [0.25, 0.3) is 0 Å². The number of ether oxygens (including phenoxy) is 1. The molecule has 26 heavy (non-hydrogen) atoms. The number of nitrogens with zero attached hydrogens (tertiary/aromatic N) is 1. The Hall–Kier alpha value is -2.21. The van der Waals surface area contributed by atoms with E-state index in [0.29, 0.717) is 12.2 Å². The van der Waals surface area contributed by atoms with Crippen LogP contribution in [0.3, 0.4) is 0 Å². The molecule has 0 spiro atoms. The van der Waals surface area contributed by atoms with Crippen molar-refractivity contribution in [1.29, 1.82) is 0 Å². The van der Waals surface area contributed by atoms with Crippen LogP contribution in [0.1, 0.15) is 37.8 Å². The number of carbonyl (C=O) groups is 1. The molecule has 0 saturated heterocycles. The smallest absolute Gasteiger partial charge is 0.337 e. The van der Waals surface area contributed by atoms with Gasteiger partial charge in [-0.2, -0.15) is 0 Å². The molecule has 2 aliphatic rings. The highest BCUT2D eigenvalue weighted by molar-refractivity contribution is 5.91. The molecule has 1 unspecified atom stereocenters. The van der Waals surface area contributed by atoms with Crippen LogP contribution in [-0.2, 0) is 22.5 Å². The maximum absolute atomic E-state index is 12.0. The number of esters is 1. The van der Waals surface area contributed by atoms with Gasteiger partial charge in [-0.15, -0.1) is 0 Å². The lowest BCUT2D eigenvalue weighted by atomic mass is 10.1. The van der Waals surface area contributed by atoms with Gasteiger partial charge in [-0.3, -0.25) is 0 Å². The highest BCUT2D eigenvalue weighted by Gasteiger charge is 2.25. The van der Waals surface area contributed by atoms with Gasteiger partial charge in [0.2, 0.25) is 0 Å². The number of rotatable bonds is 9. The van der Waals surface area contributed by atoms with Crippen LogP contribution in [0.15, 0.2) is 36.0 Å². The summed E-state index contributed by atoms with van der Waals surface area (Å²) in [7, 11) is 1.97. The average molecular weight is 351 g/mol. The normalized spacial score (nSPS) is 15.3. The van der Waals surface area contributed by atoms with E-state index in [-0.39, 0.29) is 11.9 Å². The fourth-order valence-electron chi connectivity index (χ4n) is 2.72. The Morgan fingerprint density at radius 1 is 1.27 bits per heavy atom. The van der Waals surface area contributed by atoms with Gasteiger partial charge in [0.25, 0.3) is 0 Å². The van der Waals surface area contributed by atoms with Gasteiger partial charge in [0.1, 0.15) is 5.92 Å². The van der Waals surface area contributed by atoms with Gasteiger partial charge in [0, 0.05) is 19.8 Å². The molecule has 138 valence electrons. The minimum Gasteiger partial charge on any atom is -0.463 e. The summed E-state index contributed by atoms with van der Waals surface area (Å²) in [6.07, 6.45) is 7.95. The molecule has 1 fully saturated rings. The van der Waals surface area contributed by atoms with Gasteiger partial charge in [-0.05, 0) is 49.7 Å². The summed E-state index contributed by atoms with van der Waals surface area (Å²) < 4.78 is 5.11. The zero-order chi connectivity index (χ0) is 18.9. The van der Waals surface area contributed by atoms with Crippen molar-refractivity contribution in [2.75, 3.05) is 13.7 Å². The first-order valence-electron chi connectivity index (χ1n) is 9.37. The lowest BCUT2D eigenvalue weighted by molar-refractivity contribution is -0.138. The van der Waals surface area contributed by atoms with Gasteiger partial charge in [0.15, 0.2) is 0 Å². The summed E-state index contributed by atoms with van der Waals surface area (Å²) in [6, 6.07) is 8.78. The van der Waals surface area contributed by atoms with Crippen LogP contribution in [0.4, 0.5) is 0 Å². The van der Waals surface area contributed by atoms with Crippen molar-refractivity contribution >= 4 is 5.97 Å². The Morgan fingerprint density at radius 3 is 2.42 bits per heavy atom. The van der Waals surface area contributed by atoms with Crippen LogP contribution in [0, 0.1) is 37.0 Å². The molecule has 2 aliphatic carbocycles. The molecule has 0 heterocycles. The second-order valence-corrected chi connectivity index (χ2v) is 6.53. The molecule has 1 atom stereocenters. The van der Waals surface area contributed by atoms with E-state index in [4.69, 9.17) is 4.74 Å². The zero-order valence-corrected chi connectivity index (χ0v) is 16.1. The highest BCUT2D eigenvalue weighted by Crippen LogP contribution is 2.32. The lowest BCUT2D eigenvalue weighted by Crippen LogP contribution is -2.17. The summed E-state index contributed by atoms with van der Waals surface area (Å²) in [5, 5.41) is 0. The van der Waals surface area contributed by atoms with E-state index in [1.807, 2.05) is 25.1 Å². The molecule has 3 nitrogen and oxygen atoms in total. The molecule has 0 N–H and O–H groups in total. The van der Waals surface area contributed by atoms with Crippen LogP contribution in [-0.4, -0.2) is 24.5 Å². The third kappa shape index (κ3) is 6.59. The molecule has 0 amide bonds. The highest BCUT2D eigenvalue weighted by atomic mass is 16.5. The van der Waals surface area contributed by atoms with Crippen molar-refractivity contribution in [3.63, 3.8) is 0 Å². The molecule has 3 heteroatoms. The molecule has 1 aromatic rings. The van der Waals surface area contributed by atoms with E-state index in [2.05, 4.69) is 49.5 Å². The molecule has 0 bridgehead atoms. The van der Waals surface area contributed by atoms with Crippen LogP contribution in [0.5, 0.6) is 0 Å². The molecular formula is C23H29NO2. The summed E-state index contributed by atoms with van der Waals surface area (Å²) in [5.74, 6) is 6.33. The van der Waals surface area contributed by atoms with Crippen molar-refractivity contribution in [2.45, 2.75) is 39.7 Å². The monoisotopic (exact) mass is 351 g/mol. The maximum atomic E-state index is 12.0. The maximum Gasteiger partial charge on any atom is 0.337 e. The van der Waals surface area contributed by atoms with Crippen molar-refractivity contribution in [3.05, 3.63) is 60.5 Å². The Labute approximate surface area is 158 Å². The molecule has 1 saturated carbocycles. The van der Waals surface area contributed by atoms with Crippen LogP contribution >= 0.6 is 0 Å². The second kappa shape index (κ2) is 10.1. The van der Waals surface area contributed by atoms with E-state index in [0.717, 1.165) is 18.9 Å². The van der Waals surface area contributed by atoms with E-state index < -0.39 is 0 Å². The minimum absolute atomic E-state index is 0.104. The minimum atomic E-state index is -0.279. The van der Waals surface area contributed by atoms with Crippen molar-refractivity contribution in [2.24, 2.45) is 11.8 Å². The van der Waals surface area contributed by atoms with Gasteiger partial charge < -0.3 is 9.64 Å². The molecule has 3 rings (SSSR count). The topological polar surface area (TPSA) is 29.5 Å². The molecular weight excluding hydrogens is 322 g/mol. The number of hydrogen-bond acceptors (Lipinski definition) is 3. The summed E-state index contributed by atoms with van der Waals surface area (Å²) in [5.41, 5.74) is 3.24. The van der Waals surface area contributed by atoms with Gasteiger partial charge in [-0.25, -0.2) is 4.79 Å². The lowest BCUT2D eigenvalue weighted by Gasteiger charge is -2.16.